The maximum atomic E-state index is 14.1. The Morgan fingerprint density at radius 2 is 1.67 bits per heavy atom. The molecular weight excluding hydrogens is 876 g/mol. The zero-order valence-electron chi connectivity index (χ0n) is 38.0. The van der Waals surface area contributed by atoms with Crippen molar-refractivity contribution in [2.45, 2.75) is 109 Å². The predicted molar refractivity (Wildman–Crippen MR) is 254 cm³/mol. The number of hydrogen-bond acceptors (Lipinski definition) is 11. The number of aliphatic hydroxyl groups is 1. The largest absolute Gasteiger partial charge is 0.490 e. The summed E-state index contributed by atoms with van der Waals surface area (Å²) in [7, 11) is 0. The van der Waals surface area contributed by atoms with E-state index in [4.69, 9.17) is 16.3 Å². The summed E-state index contributed by atoms with van der Waals surface area (Å²) in [5.41, 5.74) is 6.23. The van der Waals surface area contributed by atoms with Crippen LogP contribution in [-0.4, -0.2) is 124 Å². The van der Waals surface area contributed by atoms with Gasteiger partial charge in [0.05, 0.1) is 32.8 Å². The van der Waals surface area contributed by atoms with Gasteiger partial charge in [0.25, 0.3) is 5.91 Å². The van der Waals surface area contributed by atoms with Crippen molar-refractivity contribution in [2.75, 3.05) is 44.2 Å². The molecule has 0 radical (unpaired) electrons. The molecule has 1 unspecified atom stereocenters. The van der Waals surface area contributed by atoms with E-state index in [0.29, 0.717) is 28.4 Å². The fourth-order valence-electron chi connectivity index (χ4n) is 9.87. The molecule has 0 saturated carbocycles. The number of benzene rings is 3. The van der Waals surface area contributed by atoms with Crippen molar-refractivity contribution in [3.8, 4) is 22.3 Å². The van der Waals surface area contributed by atoms with Gasteiger partial charge in [-0.1, -0.05) is 56.6 Å². The molecule has 6 atom stereocenters. The lowest BCUT2D eigenvalue weighted by Gasteiger charge is -2.39. The van der Waals surface area contributed by atoms with Crippen LogP contribution in [0.4, 0.5) is 5.69 Å². The average Bonchev–Trinajstić information content (AvgIpc) is 4.00. The third-order valence-electron chi connectivity index (χ3n) is 13.5. The van der Waals surface area contributed by atoms with Crippen LogP contribution < -0.4 is 20.3 Å². The second-order valence-corrected chi connectivity index (χ2v) is 20.4. The summed E-state index contributed by atoms with van der Waals surface area (Å²) in [6.45, 7) is 11.5. The number of thiazole rings is 1. The number of rotatable bonds is 13. The van der Waals surface area contributed by atoms with Gasteiger partial charge in [-0.2, -0.15) is 5.26 Å². The number of nitriles is 1. The minimum atomic E-state index is -0.892. The number of hydrogen-bond donors (Lipinski definition) is 3. The van der Waals surface area contributed by atoms with Gasteiger partial charge in [0.15, 0.2) is 0 Å². The van der Waals surface area contributed by atoms with Crippen molar-refractivity contribution in [1.82, 2.24) is 30.3 Å². The minimum absolute atomic E-state index is 0.0146. The number of fused-ring (bicyclic) bond motifs is 2. The molecule has 0 spiro atoms. The van der Waals surface area contributed by atoms with Gasteiger partial charge in [0.2, 0.25) is 17.7 Å². The zero-order chi connectivity index (χ0) is 46.7. The Morgan fingerprint density at radius 1 is 0.970 bits per heavy atom. The summed E-state index contributed by atoms with van der Waals surface area (Å²) in [4.78, 5) is 68.4. The Balaban J connectivity index is 0.784. The lowest BCUT2D eigenvalue weighted by Crippen LogP contribution is -2.58. The average molecular weight is 936 g/mol. The number of anilines is 1. The van der Waals surface area contributed by atoms with Crippen LogP contribution in [0.3, 0.4) is 0 Å². The van der Waals surface area contributed by atoms with Gasteiger partial charge in [-0.15, -0.1) is 11.3 Å². The maximum Gasteiger partial charge on any atom is 0.254 e. The first-order valence-electron chi connectivity index (χ1n) is 23.0. The van der Waals surface area contributed by atoms with Crippen molar-refractivity contribution in [1.29, 1.82) is 5.26 Å². The van der Waals surface area contributed by atoms with Crippen LogP contribution >= 0.6 is 22.9 Å². The molecular formula is C50H59ClN8O6S. The van der Waals surface area contributed by atoms with Gasteiger partial charge >= 0.3 is 0 Å². The standard InChI is InChI=1S/C50H59ClN8O6S/c1-31-45(66-30-54-31)33-7-5-32(6-8-33)28-53-47(62)43-25-39(60)29-58(43)49(64)46(50(2,3)4)55-44(61)17-18-56-19-21-57(22-20-56)36-12-9-34(10-13-36)48(63)59-37-14-15-38(59)24-41(23-37)65-40-16-11-35(27-52)42(51)26-40/h5-13,16,26,30,37-39,41,43,46,60H,14-15,17-25,28-29H2,1-4H3,(H,53,62)(H,55,61)/t37-,38+,39-,41?,43+,46-/m1/s1. The van der Waals surface area contributed by atoms with Crippen molar-refractivity contribution in [3.05, 3.63) is 99.6 Å². The van der Waals surface area contributed by atoms with Crippen LogP contribution in [0.1, 0.15) is 86.5 Å². The summed E-state index contributed by atoms with van der Waals surface area (Å²) in [5, 5.41) is 26.2. The van der Waals surface area contributed by atoms with E-state index in [0.717, 1.165) is 79.2 Å². The number of nitrogens with one attached hydrogen (secondary N) is 2. The van der Waals surface area contributed by atoms with Crippen LogP contribution in [0.25, 0.3) is 10.4 Å². The van der Waals surface area contributed by atoms with E-state index in [1.807, 2.05) is 81.7 Å². The zero-order valence-corrected chi connectivity index (χ0v) is 39.6. The number of β-amino-alcohol motifs (C(OH)–C–C–N with tert-alkyl or cyclic N) is 1. The third-order valence-corrected chi connectivity index (χ3v) is 14.8. The van der Waals surface area contributed by atoms with Gasteiger partial charge in [-0.05, 0) is 72.7 Å². The number of nitrogens with zero attached hydrogens (tertiary/aromatic N) is 6. The molecule has 1 aromatic heterocycles. The fourth-order valence-corrected chi connectivity index (χ4v) is 10.9. The van der Waals surface area contributed by atoms with E-state index >= 15 is 0 Å². The Morgan fingerprint density at radius 3 is 2.29 bits per heavy atom. The Labute approximate surface area is 395 Å². The highest BCUT2D eigenvalue weighted by molar-refractivity contribution is 7.13. The van der Waals surface area contributed by atoms with Gasteiger partial charge in [-0.3, -0.25) is 24.1 Å². The van der Waals surface area contributed by atoms with E-state index < -0.39 is 23.6 Å². The highest BCUT2D eigenvalue weighted by Crippen LogP contribution is 2.39. The SMILES string of the molecule is Cc1ncsc1-c1ccc(CNC(=O)[C@@H]2C[C@@H](O)CN2C(=O)[C@@H](NC(=O)CCN2CCN(c3ccc(C(=O)N4[C@@H]5CC[C@H]4CC(Oc4ccc(C#N)c(Cl)c4)C5)cc3)CC2)C(C)(C)C)cc1. The Bertz CT molecular complexity index is 2430. The van der Waals surface area contributed by atoms with E-state index in [1.165, 1.54) is 4.90 Å². The summed E-state index contributed by atoms with van der Waals surface area (Å²) in [6.07, 6.45) is 2.83. The van der Waals surface area contributed by atoms with E-state index in [2.05, 4.69) is 36.4 Å². The second kappa shape index (κ2) is 20.1. The number of aliphatic hydroxyl groups excluding tert-OH is 1. The molecule has 3 aromatic carbocycles. The van der Waals surface area contributed by atoms with Crippen LogP contribution in [0.5, 0.6) is 5.75 Å². The minimum Gasteiger partial charge on any atom is -0.490 e. The van der Waals surface area contributed by atoms with Gasteiger partial charge in [0.1, 0.15) is 30.0 Å². The quantitative estimate of drug-likeness (QED) is 0.141. The number of aryl methyl sites for hydroxylation is 1. The van der Waals surface area contributed by atoms with Crippen molar-refractivity contribution in [3.63, 3.8) is 0 Å². The number of ether oxygens (including phenoxy) is 1. The smallest absolute Gasteiger partial charge is 0.254 e. The highest BCUT2D eigenvalue weighted by Gasteiger charge is 2.46. The van der Waals surface area contributed by atoms with Crippen LogP contribution in [0.15, 0.2) is 72.2 Å². The molecule has 5 heterocycles. The molecule has 8 rings (SSSR count). The first kappa shape index (κ1) is 47.0. The summed E-state index contributed by atoms with van der Waals surface area (Å²) < 4.78 is 6.27. The van der Waals surface area contributed by atoms with Gasteiger partial charge in [-0.25, -0.2) is 4.98 Å². The lowest BCUT2D eigenvalue weighted by molar-refractivity contribution is -0.144. The number of carbonyl (C=O) groups excluding carboxylic acids is 4. The molecule has 16 heteroatoms. The van der Waals surface area contributed by atoms with Crippen molar-refractivity contribution < 1.29 is 29.0 Å². The number of carbonyl (C=O) groups is 4. The van der Waals surface area contributed by atoms with E-state index in [-0.39, 0.29) is 67.7 Å². The van der Waals surface area contributed by atoms with Gasteiger partial charge < -0.3 is 35.2 Å². The van der Waals surface area contributed by atoms with Crippen molar-refractivity contribution >= 4 is 52.3 Å². The number of likely N-dealkylation sites (tertiary alicyclic amines) is 1. The summed E-state index contributed by atoms with van der Waals surface area (Å²) in [6, 6.07) is 21.5. The number of piperidine rings is 1. The van der Waals surface area contributed by atoms with E-state index in [9.17, 15) is 29.5 Å². The number of piperazine rings is 1. The lowest BCUT2D eigenvalue weighted by atomic mass is 9.85. The molecule has 2 bridgehead atoms. The first-order valence-corrected chi connectivity index (χ1v) is 24.2. The molecule has 4 aliphatic heterocycles. The van der Waals surface area contributed by atoms with Crippen LogP contribution in [0.2, 0.25) is 5.02 Å². The van der Waals surface area contributed by atoms with Gasteiger partial charge in [0, 0.05) is 101 Å². The molecule has 0 aliphatic carbocycles. The normalized spacial score (nSPS) is 22.4. The molecule has 348 valence electrons. The molecule has 14 nitrogen and oxygen atoms in total. The predicted octanol–water partition coefficient (Wildman–Crippen LogP) is 6.18. The van der Waals surface area contributed by atoms with Crippen molar-refractivity contribution in [2.24, 2.45) is 5.41 Å². The van der Waals surface area contributed by atoms with E-state index in [1.54, 1.807) is 29.5 Å². The summed E-state index contributed by atoms with van der Waals surface area (Å²) >= 11 is 7.81. The fraction of sp³-hybridized carbons (Fsp3) is 0.480. The molecule has 66 heavy (non-hydrogen) atoms. The summed E-state index contributed by atoms with van der Waals surface area (Å²) in [5.74, 6) is -0.285. The number of halogens is 1. The highest BCUT2D eigenvalue weighted by atomic mass is 35.5. The number of aromatic nitrogens is 1. The molecule has 4 aliphatic rings. The monoisotopic (exact) mass is 934 g/mol. The molecule has 4 saturated heterocycles. The Kier molecular flexibility index (Phi) is 14.3. The molecule has 3 N–H and O–H groups in total. The molecule has 4 aromatic rings. The first-order chi connectivity index (χ1) is 31.6. The second-order valence-electron chi connectivity index (χ2n) is 19.1. The van der Waals surface area contributed by atoms with Crippen LogP contribution in [-0.2, 0) is 20.9 Å². The maximum absolute atomic E-state index is 14.1. The molecule has 4 amide bonds. The van der Waals surface area contributed by atoms with Crippen LogP contribution in [0, 0.1) is 23.7 Å². The Hall–Kier alpha value is -5.53. The third kappa shape index (κ3) is 10.7. The number of amides is 4. The topological polar surface area (TPSA) is 171 Å². The molecule has 4 fully saturated rings.